The highest BCUT2D eigenvalue weighted by Gasteiger charge is 2.03. The molecular formula is C12H14ClN5. The minimum absolute atomic E-state index is 0.167. The van der Waals surface area contributed by atoms with Crippen molar-refractivity contribution in [3.63, 3.8) is 0 Å². The van der Waals surface area contributed by atoms with Crippen LogP contribution >= 0.6 is 11.6 Å². The van der Waals surface area contributed by atoms with Gasteiger partial charge in [-0.25, -0.2) is 0 Å². The van der Waals surface area contributed by atoms with Crippen molar-refractivity contribution in [2.45, 2.75) is 13.5 Å². The fourth-order valence-electron chi connectivity index (χ4n) is 1.43. The van der Waals surface area contributed by atoms with Gasteiger partial charge in [-0.05, 0) is 24.1 Å². The van der Waals surface area contributed by atoms with E-state index in [2.05, 4.69) is 56.8 Å². The zero-order chi connectivity index (χ0) is 13.0. The van der Waals surface area contributed by atoms with E-state index in [0.29, 0.717) is 18.4 Å². The molecular weight excluding hydrogens is 250 g/mol. The molecule has 0 saturated heterocycles. The Morgan fingerprint density at radius 3 is 2.39 bits per heavy atom. The molecule has 2 rings (SSSR count). The molecule has 0 aliphatic rings. The number of nitrogens with one attached hydrogen (secondary N) is 2. The van der Waals surface area contributed by atoms with Crippen molar-refractivity contribution in [2.24, 2.45) is 0 Å². The molecule has 0 spiro atoms. The molecule has 94 valence electrons. The first kappa shape index (κ1) is 12.6. The van der Waals surface area contributed by atoms with Crippen LogP contribution in [0, 0.1) is 6.92 Å². The van der Waals surface area contributed by atoms with Crippen LogP contribution in [0.1, 0.15) is 11.1 Å². The standard InChI is InChI=1S/C12H14ClN5/c1-8-3-5-9(6-4-8)7-15-12-17-10(13)16-11(14-2)18-12/h3-6H,7H2,1-2H3,(H2,14,15,16,17,18). The molecule has 0 saturated carbocycles. The molecule has 0 unspecified atom stereocenters. The van der Waals surface area contributed by atoms with Gasteiger partial charge in [0.15, 0.2) is 0 Å². The predicted molar refractivity (Wildman–Crippen MR) is 72.9 cm³/mol. The van der Waals surface area contributed by atoms with Crippen LogP contribution in [0.3, 0.4) is 0 Å². The van der Waals surface area contributed by atoms with Gasteiger partial charge >= 0.3 is 0 Å². The second-order valence-electron chi connectivity index (χ2n) is 3.84. The van der Waals surface area contributed by atoms with Gasteiger partial charge in [-0.2, -0.15) is 15.0 Å². The first-order valence-corrected chi connectivity index (χ1v) is 5.94. The Morgan fingerprint density at radius 1 is 1.06 bits per heavy atom. The molecule has 0 amide bonds. The van der Waals surface area contributed by atoms with Crippen molar-refractivity contribution in [3.05, 3.63) is 40.7 Å². The van der Waals surface area contributed by atoms with E-state index in [9.17, 15) is 0 Å². The van der Waals surface area contributed by atoms with Gasteiger partial charge in [-0.1, -0.05) is 29.8 Å². The smallest absolute Gasteiger partial charge is 0.229 e. The molecule has 2 aromatic rings. The van der Waals surface area contributed by atoms with E-state index < -0.39 is 0 Å². The minimum atomic E-state index is 0.167. The van der Waals surface area contributed by atoms with Gasteiger partial charge in [0.25, 0.3) is 0 Å². The van der Waals surface area contributed by atoms with Crippen molar-refractivity contribution < 1.29 is 0 Å². The SMILES string of the molecule is CNc1nc(Cl)nc(NCc2ccc(C)cc2)n1. The number of aryl methyl sites for hydroxylation is 1. The van der Waals surface area contributed by atoms with Crippen molar-refractivity contribution in [1.82, 2.24) is 15.0 Å². The third-order valence-corrected chi connectivity index (χ3v) is 2.57. The van der Waals surface area contributed by atoms with Gasteiger partial charge < -0.3 is 10.6 Å². The molecule has 5 nitrogen and oxygen atoms in total. The van der Waals surface area contributed by atoms with Crippen molar-refractivity contribution in [2.75, 3.05) is 17.7 Å². The average Bonchev–Trinajstić information content (AvgIpc) is 2.37. The maximum absolute atomic E-state index is 5.79. The van der Waals surface area contributed by atoms with Crippen LogP contribution in [-0.2, 0) is 6.54 Å². The first-order valence-electron chi connectivity index (χ1n) is 5.56. The van der Waals surface area contributed by atoms with E-state index >= 15 is 0 Å². The highest BCUT2D eigenvalue weighted by atomic mass is 35.5. The lowest BCUT2D eigenvalue weighted by molar-refractivity contribution is 1.00. The Hall–Kier alpha value is -1.88. The van der Waals surface area contributed by atoms with Gasteiger partial charge in [-0.3, -0.25) is 0 Å². The molecule has 18 heavy (non-hydrogen) atoms. The number of nitrogens with zero attached hydrogens (tertiary/aromatic N) is 3. The summed E-state index contributed by atoms with van der Waals surface area (Å²) < 4.78 is 0. The largest absolute Gasteiger partial charge is 0.357 e. The summed E-state index contributed by atoms with van der Waals surface area (Å²) in [6.07, 6.45) is 0. The van der Waals surface area contributed by atoms with Crippen LogP contribution in [0.15, 0.2) is 24.3 Å². The Bertz CT molecular complexity index is 526. The Morgan fingerprint density at radius 2 is 1.72 bits per heavy atom. The first-order chi connectivity index (χ1) is 8.67. The highest BCUT2D eigenvalue weighted by Crippen LogP contribution is 2.10. The van der Waals surface area contributed by atoms with Crippen LogP contribution in [0.5, 0.6) is 0 Å². The molecule has 0 aliphatic carbocycles. The monoisotopic (exact) mass is 263 g/mol. The third kappa shape index (κ3) is 3.30. The number of anilines is 2. The Balaban J connectivity index is 2.05. The van der Waals surface area contributed by atoms with E-state index in [1.807, 2.05) is 0 Å². The van der Waals surface area contributed by atoms with Gasteiger partial charge in [0.2, 0.25) is 17.2 Å². The summed E-state index contributed by atoms with van der Waals surface area (Å²) in [5, 5.41) is 6.10. The van der Waals surface area contributed by atoms with Crippen LogP contribution < -0.4 is 10.6 Å². The van der Waals surface area contributed by atoms with Crippen molar-refractivity contribution in [3.8, 4) is 0 Å². The van der Waals surface area contributed by atoms with Gasteiger partial charge in [0.05, 0.1) is 0 Å². The molecule has 1 aromatic carbocycles. The van der Waals surface area contributed by atoms with E-state index in [1.54, 1.807) is 7.05 Å². The second kappa shape index (κ2) is 5.64. The number of hydrogen-bond donors (Lipinski definition) is 2. The molecule has 0 aliphatic heterocycles. The summed E-state index contributed by atoms with van der Waals surface area (Å²) in [4.78, 5) is 12.1. The second-order valence-corrected chi connectivity index (χ2v) is 4.18. The summed E-state index contributed by atoms with van der Waals surface area (Å²) >= 11 is 5.79. The molecule has 0 radical (unpaired) electrons. The molecule has 0 atom stereocenters. The van der Waals surface area contributed by atoms with Crippen LogP contribution in [0.25, 0.3) is 0 Å². The molecule has 1 heterocycles. The summed E-state index contributed by atoms with van der Waals surface area (Å²) in [6.45, 7) is 2.70. The lowest BCUT2D eigenvalue weighted by atomic mass is 10.1. The highest BCUT2D eigenvalue weighted by molar-refractivity contribution is 6.28. The zero-order valence-corrected chi connectivity index (χ0v) is 11.0. The van der Waals surface area contributed by atoms with Gasteiger partial charge in [0, 0.05) is 13.6 Å². The number of hydrogen-bond acceptors (Lipinski definition) is 5. The molecule has 0 bridgehead atoms. The normalized spacial score (nSPS) is 10.2. The maximum Gasteiger partial charge on any atom is 0.229 e. The Labute approximate surface area is 111 Å². The summed E-state index contributed by atoms with van der Waals surface area (Å²) in [5.41, 5.74) is 2.39. The van der Waals surface area contributed by atoms with Crippen molar-refractivity contribution in [1.29, 1.82) is 0 Å². The number of benzene rings is 1. The number of halogens is 1. The van der Waals surface area contributed by atoms with Crippen LogP contribution in [0.2, 0.25) is 5.28 Å². The van der Waals surface area contributed by atoms with Crippen LogP contribution in [-0.4, -0.2) is 22.0 Å². The molecule has 6 heteroatoms. The lowest BCUT2D eigenvalue weighted by Gasteiger charge is -2.06. The van der Waals surface area contributed by atoms with E-state index in [-0.39, 0.29) is 5.28 Å². The maximum atomic E-state index is 5.79. The predicted octanol–water partition coefficient (Wildman–Crippen LogP) is 2.49. The number of rotatable bonds is 4. The quantitative estimate of drug-likeness (QED) is 0.887. The van der Waals surface area contributed by atoms with E-state index in [4.69, 9.17) is 11.6 Å². The third-order valence-electron chi connectivity index (χ3n) is 2.40. The van der Waals surface area contributed by atoms with Gasteiger partial charge in [-0.15, -0.1) is 0 Å². The fraction of sp³-hybridized carbons (Fsp3) is 0.250. The average molecular weight is 264 g/mol. The molecule has 2 N–H and O–H groups in total. The summed E-state index contributed by atoms with van der Waals surface area (Å²) in [7, 11) is 1.73. The minimum Gasteiger partial charge on any atom is -0.357 e. The molecule has 0 fully saturated rings. The van der Waals surface area contributed by atoms with Crippen LogP contribution in [0.4, 0.5) is 11.9 Å². The van der Waals surface area contributed by atoms with Crippen molar-refractivity contribution >= 4 is 23.5 Å². The lowest BCUT2D eigenvalue weighted by Crippen LogP contribution is -2.07. The summed E-state index contributed by atoms with van der Waals surface area (Å²) in [6, 6.07) is 8.25. The van der Waals surface area contributed by atoms with E-state index in [1.165, 1.54) is 5.56 Å². The van der Waals surface area contributed by atoms with E-state index in [0.717, 1.165) is 5.56 Å². The Kier molecular flexibility index (Phi) is 3.94. The topological polar surface area (TPSA) is 62.7 Å². The molecule has 1 aromatic heterocycles. The summed E-state index contributed by atoms with van der Waals surface area (Å²) in [5.74, 6) is 0.904. The fourth-order valence-corrected chi connectivity index (χ4v) is 1.59. The van der Waals surface area contributed by atoms with Gasteiger partial charge in [0.1, 0.15) is 0 Å². The number of aromatic nitrogens is 3. The zero-order valence-electron chi connectivity index (χ0n) is 10.2.